The number of benzene rings is 3. The molecule has 5 rings (SSSR count). The van der Waals surface area contributed by atoms with E-state index < -0.39 is 0 Å². The number of ether oxygens (including phenoxy) is 2. The molecular formula is C25H23ClN4O2. The van der Waals surface area contributed by atoms with Crippen LogP contribution in [0, 0.1) is 0 Å². The first-order chi connectivity index (χ1) is 15.6. The van der Waals surface area contributed by atoms with Gasteiger partial charge in [-0.15, -0.1) is 0 Å². The molecule has 0 spiro atoms. The van der Waals surface area contributed by atoms with Crippen molar-refractivity contribution in [3.05, 3.63) is 76.8 Å². The van der Waals surface area contributed by atoms with Crippen molar-refractivity contribution in [3.63, 3.8) is 0 Å². The first-order valence-corrected chi connectivity index (χ1v) is 10.9. The zero-order chi connectivity index (χ0) is 22.1. The summed E-state index contributed by atoms with van der Waals surface area (Å²) >= 11 is 6.07. The number of halogens is 1. The van der Waals surface area contributed by atoms with Gasteiger partial charge in [0.1, 0.15) is 0 Å². The Morgan fingerprint density at radius 3 is 2.59 bits per heavy atom. The maximum absolute atomic E-state index is 6.07. The summed E-state index contributed by atoms with van der Waals surface area (Å²) in [5.74, 6) is 7.15. The number of hydrazone groups is 1. The Balaban J connectivity index is 1.58. The lowest BCUT2D eigenvalue weighted by molar-refractivity contribution is 0.174. The molecule has 2 aliphatic rings. The molecule has 7 heteroatoms. The molecule has 1 atom stereocenters. The van der Waals surface area contributed by atoms with E-state index in [1.54, 1.807) is 0 Å². The molecule has 0 saturated carbocycles. The average Bonchev–Trinajstić information content (AvgIpc) is 3.22. The zero-order valence-corrected chi connectivity index (χ0v) is 18.4. The third-order valence-electron chi connectivity index (χ3n) is 5.80. The van der Waals surface area contributed by atoms with Crippen LogP contribution >= 0.6 is 11.6 Å². The number of fused-ring (bicyclic) bond motifs is 2. The summed E-state index contributed by atoms with van der Waals surface area (Å²) in [6.07, 6.45) is 0.835. The molecule has 3 aromatic rings. The topological polar surface area (TPSA) is 81.2 Å². The smallest absolute Gasteiger partial charge is 0.231 e. The fraction of sp³-hybridized carbons (Fsp3) is 0.200. The minimum Gasteiger partial charge on any atom is -0.454 e. The SMILES string of the molecule is CC(=NN)C1=NCCC(Nc2ccc(Cl)cc2)c2cc(-c3ccc4c(c3)OCO4)ccc21. The van der Waals surface area contributed by atoms with E-state index in [0.29, 0.717) is 17.3 Å². The molecule has 0 bridgehead atoms. The van der Waals surface area contributed by atoms with Gasteiger partial charge in [0.05, 0.1) is 17.5 Å². The Hall–Kier alpha value is -3.51. The minimum atomic E-state index is 0.0620. The number of rotatable bonds is 4. The van der Waals surface area contributed by atoms with Crippen LogP contribution in [0.2, 0.25) is 5.02 Å². The van der Waals surface area contributed by atoms with Gasteiger partial charge in [0.15, 0.2) is 11.5 Å². The average molecular weight is 447 g/mol. The van der Waals surface area contributed by atoms with E-state index in [0.717, 1.165) is 51.6 Å². The van der Waals surface area contributed by atoms with Gasteiger partial charge in [0, 0.05) is 22.8 Å². The Morgan fingerprint density at radius 2 is 1.78 bits per heavy atom. The first-order valence-electron chi connectivity index (χ1n) is 10.5. The summed E-state index contributed by atoms with van der Waals surface area (Å²) in [6.45, 7) is 2.82. The second kappa shape index (κ2) is 8.55. The van der Waals surface area contributed by atoms with Crippen molar-refractivity contribution in [2.24, 2.45) is 15.9 Å². The summed E-state index contributed by atoms with van der Waals surface area (Å²) in [5.41, 5.74) is 6.89. The molecule has 0 aromatic heterocycles. The molecule has 3 aromatic carbocycles. The van der Waals surface area contributed by atoms with Crippen molar-refractivity contribution in [2.45, 2.75) is 19.4 Å². The van der Waals surface area contributed by atoms with Crippen molar-refractivity contribution in [1.29, 1.82) is 0 Å². The largest absolute Gasteiger partial charge is 0.454 e. The number of nitrogens with zero attached hydrogens (tertiary/aromatic N) is 2. The lowest BCUT2D eigenvalue weighted by atomic mass is 9.91. The second-order valence-electron chi connectivity index (χ2n) is 7.81. The monoisotopic (exact) mass is 446 g/mol. The molecule has 6 nitrogen and oxygen atoms in total. The standard InChI is InChI=1S/C25H23ClN4O2/c1-15(30-27)25-20-8-2-16(17-3-9-23-24(13-17)32-14-31-23)12-21(20)22(10-11-28-25)29-19-6-4-18(26)5-7-19/h2-9,12-13,22,29H,10-11,14,27H2,1H3. The second-order valence-corrected chi connectivity index (χ2v) is 8.24. The lowest BCUT2D eigenvalue weighted by Crippen LogP contribution is -2.18. The van der Waals surface area contributed by atoms with Gasteiger partial charge in [-0.05, 0) is 72.5 Å². The van der Waals surface area contributed by atoms with Crippen molar-refractivity contribution in [2.75, 3.05) is 18.7 Å². The van der Waals surface area contributed by atoms with Crippen LogP contribution in [0.3, 0.4) is 0 Å². The summed E-state index contributed by atoms with van der Waals surface area (Å²) in [7, 11) is 0. The summed E-state index contributed by atoms with van der Waals surface area (Å²) < 4.78 is 11.0. The van der Waals surface area contributed by atoms with Crippen LogP contribution in [-0.2, 0) is 0 Å². The van der Waals surface area contributed by atoms with Crippen molar-refractivity contribution < 1.29 is 9.47 Å². The maximum atomic E-state index is 6.07. The lowest BCUT2D eigenvalue weighted by Gasteiger charge is -2.22. The third-order valence-corrected chi connectivity index (χ3v) is 6.05. The van der Waals surface area contributed by atoms with E-state index in [2.05, 4.69) is 34.7 Å². The fourth-order valence-corrected chi connectivity index (χ4v) is 4.26. The summed E-state index contributed by atoms with van der Waals surface area (Å²) in [4.78, 5) is 4.80. The number of aliphatic imine (C=N–C) groups is 1. The summed E-state index contributed by atoms with van der Waals surface area (Å²) in [6, 6.07) is 20.2. The van der Waals surface area contributed by atoms with Crippen LogP contribution < -0.4 is 20.6 Å². The molecule has 1 unspecified atom stereocenters. The van der Waals surface area contributed by atoms with Crippen LogP contribution in [0.15, 0.2) is 70.8 Å². The van der Waals surface area contributed by atoms with Gasteiger partial charge in [0.2, 0.25) is 6.79 Å². The van der Waals surface area contributed by atoms with E-state index in [4.69, 9.17) is 31.9 Å². The molecule has 0 radical (unpaired) electrons. The molecule has 2 heterocycles. The van der Waals surface area contributed by atoms with Gasteiger partial charge < -0.3 is 20.6 Å². The quantitative estimate of drug-likeness (QED) is 0.318. The molecule has 0 fully saturated rings. The maximum Gasteiger partial charge on any atom is 0.231 e. The Kier molecular flexibility index (Phi) is 5.45. The molecule has 0 saturated heterocycles. The zero-order valence-electron chi connectivity index (χ0n) is 17.6. The number of hydrogen-bond acceptors (Lipinski definition) is 6. The number of nitrogens with one attached hydrogen (secondary N) is 1. The summed E-state index contributed by atoms with van der Waals surface area (Å²) in [5, 5.41) is 8.28. The van der Waals surface area contributed by atoms with Crippen LogP contribution in [0.1, 0.15) is 30.5 Å². The van der Waals surface area contributed by atoms with Gasteiger partial charge >= 0.3 is 0 Å². The van der Waals surface area contributed by atoms with Crippen LogP contribution in [0.25, 0.3) is 11.1 Å². The van der Waals surface area contributed by atoms with E-state index in [1.807, 2.05) is 43.3 Å². The highest BCUT2D eigenvalue weighted by atomic mass is 35.5. The highest BCUT2D eigenvalue weighted by Gasteiger charge is 2.24. The normalized spacial score (nSPS) is 17.4. The molecule has 2 aliphatic heterocycles. The first kappa shape index (κ1) is 20.4. The van der Waals surface area contributed by atoms with Crippen LogP contribution in [0.5, 0.6) is 11.5 Å². The van der Waals surface area contributed by atoms with Crippen LogP contribution in [-0.4, -0.2) is 24.8 Å². The third kappa shape index (κ3) is 3.89. The van der Waals surface area contributed by atoms with Gasteiger partial charge in [-0.25, -0.2) is 0 Å². The Morgan fingerprint density at radius 1 is 1.03 bits per heavy atom. The van der Waals surface area contributed by atoms with E-state index in [1.165, 1.54) is 0 Å². The van der Waals surface area contributed by atoms with Gasteiger partial charge in [-0.2, -0.15) is 5.10 Å². The van der Waals surface area contributed by atoms with Crippen molar-refractivity contribution in [1.82, 2.24) is 0 Å². The van der Waals surface area contributed by atoms with Crippen molar-refractivity contribution >= 4 is 28.7 Å². The number of hydrogen-bond donors (Lipinski definition) is 2. The van der Waals surface area contributed by atoms with Gasteiger partial charge in [-0.3, -0.25) is 4.99 Å². The predicted molar refractivity (Wildman–Crippen MR) is 129 cm³/mol. The van der Waals surface area contributed by atoms with Gasteiger partial charge in [-0.1, -0.05) is 29.8 Å². The Labute approximate surface area is 191 Å². The molecule has 3 N–H and O–H groups in total. The van der Waals surface area contributed by atoms with Crippen molar-refractivity contribution in [3.8, 4) is 22.6 Å². The van der Waals surface area contributed by atoms with E-state index >= 15 is 0 Å². The Bertz CT molecular complexity index is 1220. The van der Waals surface area contributed by atoms with Crippen LogP contribution in [0.4, 0.5) is 5.69 Å². The molecule has 0 amide bonds. The number of anilines is 1. The van der Waals surface area contributed by atoms with E-state index in [-0.39, 0.29) is 12.8 Å². The molecule has 0 aliphatic carbocycles. The molecule has 32 heavy (non-hydrogen) atoms. The molecule has 162 valence electrons. The molecular weight excluding hydrogens is 424 g/mol. The van der Waals surface area contributed by atoms with Gasteiger partial charge in [0.25, 0.3) is 0 Å². The predicted octanol–water partition coefficient (Wildman–Crippen LogP) is 5.42. The fourth-order valence-electron chi connectivity index (χ4n) is 4.14. The minimum absolute atomic E-state index is 0.0620. The van der Waals surface area contributed by atoms with E-state index in [9.17, 15) is 0 Å². The highest BCUT2D eigenvalue weighted by Crippen LogP contribution is 2.38. The number of nitrogens with two attached hydrogens (primary N) is 1. The highest BCUT2D eigenvalue weighted by molar-refractivity contribution is 6.48.